The minimum absolute atomic E-state index is 0.0161. The zero-order valence-electron chi connectivity index (χ0n) is 11.7. The van der Waals surface area contributed by atoms with Gasteiger partial charge in [-0.2, -0.15) is 0 Å². The summed E-state index contributed by atoms with van der Waals surface area (Å²) in [6.07, 6.45) is 7.54. The van der Waals surface area contributed by atoms with Gasteiger partial charge in [0.1, 0.15) is 5.76 Å². The van der Waals surface area contributed by atoms with Crippen LogP contribution in [0, 0.1) is 0 Å². The molecule has 1 aliphatic heterocycles. The average molecular weight is 269 g/mol. The fourth-order valence-electron chi connectivity index (χ4n) is 2.82. The Morgan fingerprint density at radius 1 is 1.25 bits per heavy atom. The minimum atomic E-state index is 0.0161. The Morgan fingerprint density at radius 2 is 2.10 bits per heavy atom. The van der Waals surface area contributed by atoms with E-state index in [1.807, 2.05) is 19.1 Å². The van der Waals surface area contributed by atoms with Gasteiger partial charge in [0.05, 0.1) is 5.56 Å². The van der Waals surface area contributed by atoms with Crippen LogP contribution in [-0.2, 0) is 6.42 Å². The first-order valence-corrected chi connectivity index (χ1v) is 7.24. The summed E-state index contributed by atoms with van der Waals surface area (Å²) < 4.78 is 5.65. The molecule has 0 saturated carbocycles. The Bertz CT molecular complexity index is 697. The third-order valence-electron chi connectivity index (χ3n) is 4.00. The number of hydrogen-bond donors (Lipinski definition) is 1. The molecule has 0 aromatic carbocycles. The normalized spacial score (nSPS) is 15.3. The molecule has 3 rings (SSSR count). The van der Waals surface area contributed by atoms with Crippen molar-refractivity contribution in [3.8, 4) is 11.3 Å². The van der Waals surface area contributed by atoms with Gasteiger partial charge in [-0.1, -0.05) is 13.0 Å². The van der Waals surface area contributed by atoms with Crippen molar-refractivity contribution in [2.75, 3.05) is 5.73 Å². The molecule has 2 aliphatic carbocycles. The second kappa shape index (κ2) is 5.16. The number of nitrogen functional groups attached to an aromatic ring is 1. The molecular formula is C17H19NO2. The summed E-state index contributed by atoms with van der Waals surface area (Å²) in [7, 11) is 0. The molecule has 0 bridgehead atoms. The third kappa shape index (κ3) is 2.24. The molecular weight excluding hydrogens is 250 g/mol. The molecule has 0 unspecified atom stereocenters. The summed E-state index contributed by atoms with van der Waals surface area (Å²) in [6, 6.07) is 5.53. The van der Waals surface area contributed by atoms with E-state index >= 15 is 0 Å². The van der Waals surface area contributed by atoms with Gasteiger partial charge in [0.25, 0.3) is 0 Å². The summed E-state index contributed by atoms with van der Waals surface area (Å²) >= 11 is 0. The number of nitrogens with two attached hydrogens (primary N) is 1. The summed E-state index contributed by atoms with van der Waals surface area (Å²) in [6.45, 7) is 2.00. The minimum Gasteiger partial charge on any atom is -0.441 e. The van der Waals surface area contributed by atoms with Gasteiger partial charge in [-0.15, -0.1) is 0 Å². The molecule has 1 heterocycles. The first-order chi connectivity index (χ1) is 9.69. The van der Waals surface area contributed by atoms with Gasteiger partial charge in [0.2, 0.25) is 0 Å². The van der Waals surface area contributed by atoms with E-state index in [9.17, 15) is 4.79 Å². The molecule has 0 saturated heterocycles. The summed E-state index contributed by atoms with van der Waals surface area (Å²) in [5, 5.41) is 0. The van der Waals surface area contributed by atoms with Crippen LogP contribution in [-0.4, -0.2) is 0 Å². The number of anilines is 1. The van der Waals surface area contributed by atoms with Crippen LogP contribution in [0.1, 0.15) is 43.7 Å². The topological polar surface area (TPSA) is 56.2 Å². The molecule has 104 valence electrons. The Hall–Kier alpha value is -2.03. The molecule has 0 aromatic heterocycles. The van der Waals surface area contributed by atoms with Gasteiger partial charge in [-0.25, -0.2) is 0 Å². The monoisotopic (exact) mass is 269 g/mol. The van der Waals surface area contributed by atoms with Gasteiger partial charge in [0, 0.05) is 5.56 Å². The second-order valence-electron chi connectivity index (χ2n) is 5.35. The van der Waals surface area contributed by atoms with Crippen LogP contribution in [0.4, 0.5) is 5.88 Å². The van der Waals surface area contributed by atoms with Crippen molar-refractivity contribution >= 4 is 11.5 Å². The van der Waals surface area contributed by atoms with Crippen molar-refractivity contribution in [1.82, 2.24) is 0 Å². The van der Waals surface area contributed by atoms with Crippen molar-refractivity contribution in [2.24, 2.45) is 0 Å². The molecule has 0 fully saturated rings. The van der Waals surface area contributed by atoms with E-state index in [4.69, 9.17) is 10.2 Å². The number of allylic oxidation sites excluding steroid dienone is 2. The highest BCUT2D eigenvalue weighted by molar-refractivity contribution is 5.73. The predicted molar refractivity (Wildman–Crippen MR) is 81.8 cm³/mol. The van der Waals surface area contributed by atoms with Crippen LogP contribution in [0.15, 0.2) is 33.5 Å². The first kappa shape index (κ1) is 13.0. The largest absolute Gasteiger partial charge is 0.441 e. The van der Waals surface area contributed by atoms with E-state index in [-0.39, 0.29) is 5.43 Å². The zero-order valence-corrected chi connectivity index (χ0v) is 11.7. The van der Waals surface area contributed by atoms with E-state index < -0.39 is 0 Å². The van der Waals surface area contributed by atoms with Crippen molar-refractivity contribution in [2.45, 2.75) is 39.0 Å². The van der Waals surface area contributed by atoms with E-state index in [0.717, 1.165) is 30.4 Å². The number of benzene rings is 1. The van der Waals surface area contributed by atoms with E-state index in [2.05, 4.69) is 6.08 Å². The molecule has 0 amide bonds. The third-order valence-corrected chi connectivity index (χ3v) is 4.00. The maximum absolute atomic E-state index is 12.3. The maximum atomic E-state index is 12.3. The SMILES string of the molecule is CCc1cc2c(=O)cc(C3=CCCCC3)cc-2oc1N. The standard InChI is InChI=1S/C17H19NO2/c1-2-11-8-14-15(19)9-13(10-16(14)20-17(11)18)12-6-4-3-5-7-12/h6,8-10H,2-5,7,18H2,1H3. The van der Waals surface area contributed by atoms with Crippen LogP contribution in [0.3, 0.4) is 0 Å². The number of aryl methyl sites for hydroxylation is 1. The van der Waals surface area contributed by atoms with Gasteiger partial charge < -0.3 is 10.2 Å². The summed E-state index contributed by atoms with van der Waals surface area (Å²) in [4.78, 5) is 12.3. The van der Waals surface area contributed by atoms with Crippen LogP contribution in [0.5, 0.6) is 0 Å². The highest BCUT2D eigenvalue weighted by Crippen LogP contribution is 2.31. The fourth-order valence-corrected chi connectivity index (χ4v) is 2.82. The molecule has 3 aliphatic rings. The first-order valence-electron chi connectivity index (χ1n) is 7.24. The highest BCUT2D eigenvalue weighted by Gasteiger charge is 2.16. The maximum Gasteiger partial charge on any atom is 0.194 e. The van der Waals surface area contributed by atoms with Crippen molar-refractivity contribution in [3.63, 3.8) is 0 Å². The molecule has 3 heteroatoms. The van der Waals surface area contributed by atoms with E-state index in [1.165, 1.54) is 18.4 Å². The molecule has 2 N–H and O–H groups in total. The van der Waals surface area contributed by atoms with Crippen LogP contribution in [0.2, 0.25) is 0 Å². The zero-order chi connectivity index (χ0) is 14.1. The van der Waals surface area contributed by atoms with Gasteiger partial charge in [-0.3, -0.25) is 4.79 Å². The van der Waals surface area contributed by atoms with Gasteiger partial charge >= 0.3 is 0 Å². The molecule has 3 nitrogen and oxygen atoms in total. The summed E-state index contributed by atoms with van der Waals surface area (Å²) in [5.74, 6) is 1.00. The van der Waals surface area contributed by atoms with Crippen LogP contribution in [0.25, 0.3) is 16.9 Å². The quantitative estimate of drug-likeness (QED) is 0.901. The fraction of sp³-hybridized carbons (Fsp3) is 0.353. The predicted octanol–water partition coefficient (Wildman–Crippen LogP) is 3.85. The highest BCUT2D eigenvalue weighted by atomic mass is 16.3. The Balaban J connectivity index is 2.17. The lowest BCUT2D eigenvalue weighted by atomic mass is 9.92. The number of hydrogen-bond acceptors (Lipinski definition) is 3. The number of fused-ring (bicyclic) bond motifs is 1. The smallest absolute Gasteiger partial charge is 0.194 e. The molecule has 0 aromatic rings. The van der Waals surface area contributed by atoms with Gasteiger partial charge in [-0.05, 0) is 61.4 Å². The van der Waals surface area contributed by atoms with Gasteiger partial charge in [0.15, 0.2) is 11.3 Å². The summed E-state index contributed by atoms with van der Waals surface area (Å²) in [5.41, 5.74) is 9.65. The Morgan fingerprint density at radius 3 is 2.80 bits per heavy atom. The van der Waals surface area contributed by atoms with Crippen molar-refractivity contribution in [3.05, 3.63) is 45.6 Å². The van der Waals surface area contributed by atoms with E-state index in [0.29, 0.717) is 17.2 Å². The van der Waals surface area contributed by atoms with E-state index in [1.54, 1.807) is 6.07 Å². The Labute approximate surface area is 118 Å². The molecule has 0 radical (unpaired) electrons. The lowest BCUT2D eigenvalue weighted by Crippen LogP contribution is -2.09. The second-order valence-corrected chi connectivity index (χ2v) is 5.35. The Kier molecular flexibility index (Phi) is 3.35. The van der Waals surface area contributed by atoms with Crippen LogP contribution < -0.4 is 11.2 Å². The molecule has 0 spiro atoms. The lowest BCUT2D eigenvalue weighted by molar-refractivity contribution is 0.579. The molecule has 20 heavy (non-hydrogen) atoms. The average Bonchev–Trinajstić information content (AvgIpc) is 2.47. The lowest BCUT2D eigenvalue weighted by Gasteiger charge is -2.15. The van der Waals surface area contributed by atoms with Crippen molar-refractivity contribution in [1.29, 1.82) is 0 Å². The molecule has 0 atom stereocenters. The van der Waals surface area contributed by atoms with Crippen LogP contribution >= 0.6 is 0 Å². The van der Waals surface area contributed by atoms with Crippen molar-refractivity contribution < 1.29 is 4.42 Å². The number of rotatable bonds is 2.